The Hall–Kier alpha value is -0.560. The molecule has 1 fully saturated rings. The molecule has 1 heterocycles. The molecule has 0 aromatic carbocycles. The van der Waals surface area contributed by atoms with E-state index in [-0.39, 0.29) is 0 Å². The summed E-state index contributed by atoms with van der Waals surface area (Å²) in [4.78, 5) is 0. The monoisotopic (exact) mass is 306 g/mol. The Kier molecular flexibility index (Phi) is 12.5. The third-order valence-corrected chi connectivity index (χ3v) is 4.49. The Morgan fingerprint density at radius 2 is 1.32 bits per heavy atom. The Morgan fingerprint density at radius 1 is 0.682 bits per heavy atom. The van der Waals surface area contributed by atoms with Crippen LogP contribution in [-0.4, -0.2) is 12.2 Å². The van der Waals surface area contributed by atoms with Crippen molar-refractivity contribution in [2.45, 2.75) is 110 Å². The van der Waals surface area contributed by atoms with Crippen molar-refractivity contribution >= 4 is 0 Å². The highest BCUT2D eigenvalue weighted by atomic mass is 16.6. The summed E-state index contributed by atoms with van der Waals surface area (Å²) in [6.07, 6.45) is 27.5. The van der Waals surface area contributed by atoms with E-state index in [2.05, 4.69) is 38.2 Å². The Morgan fingerprint density at radius 3 is 2.00 bits per heavy atom. The molecule has 0 aliphatic carbocycles. The molecule has 0 radical (unpaired) electrons. The molecule has 0 aromatic rings. The number of unbranched alkanes of at least 4 members (excludes halogenated alkanes) is 8. The zero-order valence-corrected chi connectivity index (χ0v) is 15.1. The highest BCUT2D eigenvalue weighted by Gasteiger charge is 2.36. The van der Waals surface area contributed by atoms with Crippen LogP contribution >= 0.6 is 0 Å². The van der Waals surface area contributed by atoms with Gasteiger partial charge < -0.3 is 4.74 Å². The predicted octanol–water partition coefficient (Wildman–Crippen LogP) is 6.98. The molecule has 1 rings (SSSR count). The van der Waals surface area contributed by atoms with Crippen LogP contribution in [0, 0.1) is 0 Å². The SMILES string of the molecule is CCC=CCC=CC[C@H]1O[C@@H]1CCCCCCCCCCC. The average molecular weight is 307 g/mol. The topological polar surface area (TPSA) is 12.5 Å². The lowest BCUT2D eigenvalue weighted by Gasteiger charge is -2.01. The first kappa shape index (κ1) is 19.5. The summed E-state index contributed by atoms with van der Waals surface area (Å²) in [5, 5.41) is 0. The summed E-state index contributed by atoms with van der Waals surface area (Å²) >= 11 is 0. The van der Waals surface area contributed by atoms with Crippen molar-refractivity contribution in [1.29, 1.82) is 0 Å². The second-order valence-corrected chi connectivity index (χ2v) is 6.65. The fourth-order valence-electron chi connectivity index (χ4n) is 2.96. The number of rotatable bonds is 15. The van der Waals surface area contributed by atoms with E-state index in [1.54, 1.807) is 0 Å². The lowest BCUT2D eigenvalue weighted by molar-refractivity contribution is 0.358. The third kappa shape index (κ3) is 11.1. The van der Waals surface area contributed by atoms with E-state index in [4.69, 9.17) is 4.74 Å². The van der Waals surface area contributed by atoms with E-state index < -0.39 is 0 Å². The fraction of sp³-hybridized carbons (Fsp3) is 0.810. The molecule has 0 unspecified atom stereocenters. The molecule has 1 heteroatoms. The molecule has 0 saturated carbocycles. The summed E-state index contributed by atoms with van der Waals surface area (Å²) in [5.74, 6) is 0. The second-order valence-electron chi connectivity index (χ2n) is 6.65. The van der Waals surface area contributed by atoms with Gasteiger partial charge in [-0.2, -0.15) is 0 Å². The van der Waals surface area contributed by atoms with Gasteiger partial charge in [0.25, 0.3) is 0 Å². The molecule has 1 aliphatic rings. The van der Waals surface area contributed by atoms with Crippen molar-refractivity contribution in [2.75, 3.05) is 0 Å². The van der Waals surface area contributed by atoms with Gasteiger partial charge in [0, 0.05) is 0 Å². The maximum atomic E-state index is 5.75. The van der Waals surface area contributed by atoms with Crippen LogP contribution in [0.25, 0.3) is 0 Å². The van der Waals surface area contributed by atoms with Crippen molar-refractivity contribution in [2.24, 2.45) is 0 Å². The molecular formula is C21H38O. The van der Waals surface area contributed by atoms with Gasteiger partial charge in [0.1, 0.15) is 0 Å². The normalized spacial score (nSPS) is 21.2. The molecule has 0 spiro atoms. The zero-order chi connectivity index (χ0) is 15.9. The summed E-state index contributed by atoms with van der Waals surface area (Å²) in [6.45, 7) is 4.46. The van der Waals surface area contributed by atoms with E-state index in [1.165, 1.54) is 64.2 Å². The van der Waals surface area contributed by atoms with Gasteiger partial charge in [-0.1, -0.05) is 95.9 Å². The number of hydrogen-bond donors (Lipinski definition) is 0. The quantitative estimate of drug-likeness (QED) is 0.181. The predicted molar refractivity (Wildman–Crippen MR) is 98.3 cm³/mol. The first-order chi connectivity index (χ1) is 10.9. The van der Waals surface area contributed by atoms with Crippen molar-refractivity contribution in [3.05, 3.63) is 24.3 Å². The number of allylic oxidation sites excluding steroid dienone is 3. The van der Waals surface area contributed by atoms with Crippen LogP contribution in [0.4, 0.5) is 0 Å². The first-order valence-corrected chi connectivity index (χ1v) is 9.84. The first-order valence-electron chi connectivity index (χ1n) is 9.84. The van der Waals surface area contributed by atoms with Crippen LogP contribution in [-0.2, 0) is 4.74 Å². The van der Waals surface area contributed by atoms with Gasteiger partial charge in [0.15, 0.2) is 0 Å². The smallest absolute Gasteiger partial charge is 0.0876 e. The van der Waals surface area contributed by atoms with Crippen LogP contribution in [0.1, 0.15) is 97.3 Å². The molecule has 22 heavy (non-hydrogen) atoms. The number of hydrogen-bond acceptors (Lipinski definition) is 1. The molecule has 1 saturated heterocycles. The molecule has 0 amide bonds. The maximum Gasteiger partial charge on any atom is 0.0876 e. The molecular weight excluding hydrogens is 268 g/mol. The van der Waals surface area contributed by atoms with Gasteiger partial charge in [-0.15, -0.1) is 0 Å². The number of ether oxygens (including phenoxy) is 1. The molecule has 2 atom stereocenters. The van der Waals surface area contributed by atoms with Crippen molar-refractivity contribution in [3.8, 4) is 0 Å². The van der Waals surface area contributed by atoms with Gasteiger partial charge >= 0.3 is 0 Å². The molecule has 0 N–H and O–H groups in total. The average Bonchev–Trinajstić information content (AvgIpc) is 3.27. The molecule has 0 bridgehead atoms. The zero-order valence-electron chi connectivity index (χ0n) is 15.1. The van der Waals surface area contributed by atoms with Gasteiger partial charge in [0.05, 0.1) is 12.2 Å². The lowest BCUT2D eigenvalue weighted by Crippen LogP contribution is -1.93. The Balaban J connectivity index is 1.81. The van der Waals surface area contributed by atoms with Crippen LogP contribution < -0.4 is 0 Å². The molecule has 1 nitrogen and oxygen atoms in total. The summed E-state index contributed by atoms with van der Waals surface area (Å²) in [7, 11) is 0. The highest BCUT2D eigenvalue weighted by Crippen LogP contribution is 2.30. The highest BCUT2D eigenvalue weighted by molar-refractivity contribution is 4.97. The van der Waals surface area contributed by atoms with Gasteiger partial charge in [0.2, 0.25) is 0 Å². The van der Waals surface area contributed by atoms with Gasteiger partial charge in [-0.05, 0) is 25.7 Å². The van der Waals surface area contributed by atoms with Crippen LogP contribution in [0.15, 0.2) is 24.3 Å². The summed E-state index contributed by atoms with van der Waals surface area (Å²) in [5.41, 5.74) is 0. The summed E-state index contributed by atoms with van der Waals surface area (Å²) < 4.78 is 5.75. The molecule has 128 valence electrons. The Bertz CT molecular complexity index is 292. The Labute approximate surface area is 139 Å². The van der Waals surface area contributed by atoms with Gasteiger partial charge in [-0.25, -0.2) is 0 Å². The minimum Gasteiger partial charge on any atom is -0.369 e. The third-order valence-electron chi connectivity index (χ3n) is 4.49. The molecule has 0 aromatic heterocycles. The van der Waals surface area contributed by atoms with E-state index in [1.807, 2.05) is 0 Å². The summed E-state index contributed by atoms with van der Waals surface area (Å²) in [6, 6.07) is 0. The van der Waals surface area contributed by atoms with E-state index in [0.717, 1.165) is 19.3 Å². The van der Waals surface area contributed by atoms with Crippen LogP contribution in [0.3, 0.4) is 0 Å². The van der Waals surface area contributed by atoms with Crippen LogP contribution in [0.5, 0.6) is 0 Å². The minimum atomic E-state index is 0.528. The molecule has 1 aliphatic heterocycles. The fourth-order valence-corrected chi connectivity index (χ4v) is 2.96. The standard InChI is InChI=1S/C21H38O/c1-3-5-7-9-11-12-13-15-17-19-21-20(22-21)18-16-14-10-8-6-4-2/h6,8,14,16,20-21H,3-5,7,9-13,15,17-19H2,1-2H3/t20-,21-/m1/s1. The van der Waals surface area contributed by atoms with Crippen LogP contribution in [0.2, 0.25) is 0 Å². The second kappa shape index (κ2) is 14.1. The largest absolute Gasteiger partial charge is 0.369 e. The minimum absolute atomic E-state index is 0.528. The van der Waals surface area contributed by atoms with Gasteiger partial charge in [-0.3, -0.25) is 0 Å². The van der Waals surface area contributed by atoms with E-state index in [0.29, 0.717) is 12.2 Å². The maximum absolute atomic E-state index is 5.75. The number of epoxide rings is 1. The van der Waals surface area contributed by atoms with Crippen molar-refractivity contribution < 1.29 is 4.74 Å². The lowest BCUT2D eigenvalue weighted by atomic mass is 10.0. The van der Waals surface area contributed by atoms with E-state index >= 15 is 0 Å². The van der Waals surface area contributed by atoms with Crippen molar-refractivity contribution in [3.63, 3.8) is 0 Å². The van der Waals surface area contributed by atoms with Crippen molar-refractivity contribution in [1.82, 2.24) is 0 Å². The van der Waals surface area contributed by atoms with E-state index in [9.17, 15) is 0 Å².